The molecule has 0 bridgehead atoms. The molecular weight excluding hydrogens is 288 g/mol. The van der Waals surface area contributed by atoms with Gasteiger partial charge >= 0.3 is 0 Å². The van der Waals surface area contributed by atoms with E-state index in [0.717, 1.165) is 22.1 Å². The number of para-hydroxylation sites is 1. The van der Waals surface area contributed by atoms with Crippen LogP contribution >= 0.6 is 0 Å². The first-order chi connectivity index (χ1) is 11.3. The molecule has 3 heterocycles. The number of rotatable bonds is 4. The SMILES string of the molecule is O=C(Cn1ccc2ccccc21)NCc1cc2ccccn2n1. The molecule has 1 amide bonds. The highest BCUT2D eigenvalue weighted by Gasteiger charge is 2.07. The van der Waals surface area contributed by atoms with Crippen molar-refractivity contribution < 1.29 is 4.79 Å². The van der Waals surface area contributed by atoms with Gasteiger partial charge < -0.3 is 9.88 Å². The molecule has 0 aliphatic rings. The Morgan fingerprint density at radius 2 is 1.91 bits per heavy atom. The van der Waals surface area contributed by atoms with Crippen molar-refractivity contribution in [1.82, 2.24) is 19.5 Å². The van der Waals surface area contributed by atoms with E-state index >= 15 is 0 Å². The summed E-state index contributed by atoms with van der Waals surface area (Å²) in [5.41, 5.74) is 2.94. The maximum absolute atomic E-state index is 12.2. The number of amides is 1. The van der Waals surface area contributed by atoms with Gasteiger partial charge in [0.1, 0.15) is 6.54 Å². The van der Waals surface area contributed by atoms with Crippen molar-refractivity contribution in [2.45, 2.75) is 13.1 Å². The summed E-state index contributed by atoms with van der Waals surface area (Å²) in [5.74, 6) is -0.0246. The molecule has 5 heteroatoms. The largest absolute Gasteiger partial charge is 0.349 e. The van der Waals surface area contributed by atoms with Crippen molar-refractivity contribution in [3.05, 3.63) is 72.7 Å². The summed E-state index contributed by atoms with van der Waals surface area (Å²) in [7, 11) is 0. The van der Waals surface area contributed by atoms with Gasteiger partial charge in [-0.15, -0.1) is 0 Å². The highest BCUT2D eigenvalue weighted by atomic mass is 16.1. The third kappa shape index (κ3) is 2.68. The fourth-order valence-electron chi connectivity index (χ4n) is 2.76. The average Bonchev–Trinajstić information content (AvgIpc) is 3.17. The number of carbonyl (C=O) groups is 1. The van der Waals surface area contributed by atoms with Crippen molar-refractivity contribution in [3.63, 3.8) is 0 Å². The number of carbonyl (C=O) groups excluding carboxylic acids is 1. The van der Waals surface area contributed by atoms with Crippen LogP contribution < -0.4 is 5.32 Å². The lowest BCUT2D eigenvalue weighted by molar-refractivity contribution is -0.121. The standard InChI is InChI=1S/C18H16N4O/c23-18(13-21-10-8-14-5-1-2-7-17(14)21)19-12-15-11-16-6-3-4-9-22(16)20-15/h1-11H,12-13H2,(H,19,23). The molecular formula is C18H16N4O. The van der Waals surface area contributed by atoms with Crippen LogP contribution in [0, 0.1) is 0 Å². The minimum absolute atomic E-state index is 0.0246. The highest BCUT2D eigenvalue weighted by Crippen LogP contribution is 2.14. The van der Waals surface area contributed by atoms with Crippen molar-refractivity contribution in [2.24, 2.45) is 0 Å². The highest BCUT2D eigenvalue weighted by molar-refractivity contribution is 5.83. The number of hydrogen-bond donors (Lipinski definition) is 1. The van der Waals surface area contributed by atoms with Crippen LogP contribution in [0.1, 0.15) is 5.69 Å². The van der Waals surface area contributed by atoms with Crippen molar-refractivity contribution >= 4 is 22.3 Å². The summed E-state index contributed by atoms with van der Waals surface area (Å²) in [6.45, 7) is 0.737. The first-order valence-corrected chi connectivity index (χ1v) is 7.53. The van der Waals surface area contributed by atoms with Gasteiger partial charge in [-0.3, -0.25) is 4.79 Å². The molecule has 114 valence electrons. The molecule has 0 saturated heterocycles. The van der Waals surface area contributed by atoms with Crippen molar-refractivity contribution in [1.29, 1.82) is 0 Å². The van der Waals surface area contributed by atoms with Gasteiger partial charge in [-0.1, -0.05) is 24.3 Å². The van der Waals surface area contributed by atoms with Gasteiger partial charge in [-0.25, -0.2) is 4.52 Å². The maximum atomic E-state index is 12.2. The number of aromatic nitrogens is 3. The van der Waals surface area contributed by atoms with Crippen LogP contribution in [-0.2, 0) is 17.9 Å². The lowest BCUT2D eigenvalue weighted by Crippen LogP contribution is -2.27. The topological polar surface area (TPSA) is 51.3 Å². The minimum atomic E-state index is -0.0246. The monoisotopic (exact) mass is 304 g/mol. The van der Waals surface area contributed by atoms with Gasteiger partial charge in [0.2, 0.25) is 5.91 Å². The molecule has 3 aromatic heterocycles. The molecule has 4 rings (SSSR count). The van der Waals surface area contributed by atoms with Gasteiger partial charge in [0.15, 0.2) is 0 Å². The van der Waals surface area contributed by atoms with Gasteiger partial charge in [0, 0.05) is 17.9 Å². The van der Waals surface area contributed by atoms with E-state index in [2.05, 4.69) is 10.4 Å². The zero-order chi connectivity index (χ0) is 15.6. The fraction of sp³-hybridized carbons (Fsp3) is 0.111. The summed E-state index contributed by atoms with van der Waals surface area (Å²) >= 11 is 0. The summed E-state index contributed by atoms with van der Waals surface area (Å²) in [5, 5.41) is 8.49. The van der Waals surface area contributed by atoms with Crippen LogP contribution in [0.3, 0.4) is 0 Å². The summed E-state index contributed by atoms with van der Waals surface area (Å²) in [6.07, 6.45) is 3.84. The summed E-state index contributed by atoms with van der Waals surface area (Å²) in [4.78, 5) is 12.2. The van der Waals surface area contributed by atoms with E-state index in [0.29, 0.717) is 13.1 Å². The normalized spacial score (nSPS) is 11.1. The zero-order valence-electron chi connectivity index (χ0n) is 12.5. The van der Waals surface area contributed by atoms with E-state index in [1.807, 2.05) is 71.6 Å². The number of nitrogens with one attached hydrogen (secondary N) is 1. The first-order valence-electron chi connectivity index (χ1n) is 7.53. The molecule has 0 radical (unpaired) electrons. The van der Waals surface area contributed by atoms with Crippen LogP contribution in [0.2, 0.25) is 0 Å². The van der Waals surface area contributed by atoms with E-state index in [1.54, 1.807) is 4.52 Å². The molecule has 0 fully saturated rings. The number of fused-ring (bicyclic) bond motifs is 2. The Balaban J connectivity index is 1.43. The molecule has 23 heavy (non-hydrogen) atoms. The number of nitrogens with zero attached hydrogens (tertiary/aromatic N) is 3. The Morgan fingerprint density at radius 1 is 1.04 bits per heavy atom. The molecule has 0 spiro atoms. The fourth-order valence-corrected chi connectivity index (χ4v) is 2.76. The first kappa shape index (κ1) is 13.6. The van der Waals surface area contributed by atoms with Gasteiger partial charge in [-0.2, -0.15) is 5.10 Å². The van der Waals surface area contributed by atoms with Gasteiger partial charge in [-0.05, 0) is 35.7 Å². The molecule has 0 aliphatic carbocycles. The zero-order valence-corrected chi connectivity index (χ0v) is 12.5. The van der Waals surface area contributed by atoms with Crippen LogP contribution in [0.15, 0.2) is 67.0 Å². The molecule has 0 unspecified atom stereocenters. The third-order valence-electron chi connectivity index (χ3n) is 3.88. The second kappa shape index (κ2) is 5.61. The van der Waals surface area contributed by atoms with Gasteiger partial charge in [0.25, 0.3) is 0 Å². The van der Waals surface area contributed by atoms with E-state index in [9.17, 15) is 4.79 Å². The Labute approximate surface area is 133 Å². The molecule has 1 N–H and O–H groups in total. The minimum Gasteiger partial charge on any atom is -0.349 e. The van der Waals surface area contributed by atoms with Gasteiger partial charge in [0.05, 0.1) is 17.8 Å². The van der Waals surface area contributed by atoms with E-state index in [4.69, 9.17) is 0 Å². The molecule has 0 saturated carbocycles. The average molecular weight is 304 g/mol. The molecule has 0 atom stereocenters. The number of hydrogen-bond acceptors (Lipinski definition) is 2. The lowest BCUT2D eigenvalue weighted by Gasteiger charge is -2.06. The maximum Gasteiger partial charge on any atom is 0.240 e. The Hall–Kier alpha value is -3.08. The summed E-state index contributed by atoms with van der Waals surface area (Å²) in [6, 6.07) is 17.9. The number of pyridine rings is 1. The molecule has 1 aromatic carbocycles. The van der Waals surface area contributed by atoms with Crippen molar-refractivity contribution in [3.8, 4) is 0 Å². The van der Waals surface area contributed by atoms with Crippen molar-refractivity contribution in [2.75, 3.05) is 0 Å². The third-order valence-corrected chi connectivity index (χ3v) is 3.88. The molecule has 0 aliphatic heterocycles. The lowest BCUT2D eigenvalue weighted by atomic mass is 10.2. The van der Waals surface area contributed by atoms with E-state index in [1.165, 1.54) is 0 Å². The Bertz CT molecular complexity index is 950. The predicted molar refractivity (Wildman–Crippen MR) is 89.0 cm³/mol. The predicted octanol–water partition coefficient (Wildman–Crippen LogP) is 2.61. The molecule has 5 nitrogen and oxygen atoms in total. The van der Waals surface area contributed by atoms with Crippen LogP contribution in [0.4, 0.5) is 0 Å². The van der Waals surface area contributed by atoms with E-state index < -0.39 is 0 Å². The Kier molecular flexibility index (Phi) is 3.31. The Morgan fingerprint density at radius 3 is 2.83 bits per heavy atom. The summed E-state index contributed by atoms with van der Waals surface area (Å²) < 4.78 is 3.76. The second-order valence-electron chi connectivity index (χ2n) is 5.48. The van der Waals surface area contributed by atoms with Crippen LogP contribution in [-0.4, -0.2) is 20.1 Å². The number of benzene rings is 1. The van der Waals surface area contributed by atoms with Crippen LogP contribution in [0.25, 0.3) is 16.4 Å². The second-order valence-corrected chi connectivity index (χ2v) is 5.48. The molecule has 4 aromatic rings. The quantitative estimate of drug-likeness (QED) is 0.630. The smallest absolute Gasteiger partial charge is 0.240 e. The van der Waals surface area contributed by atoms with E-state index in [-0.39, 0.29) is 5.91 Å². The van der Waals surface area contributed by atoms with Crippen LogP contribution in [0.5, 0.6) is 0 Å².